The minimum absolute atomic E-state index is 0.0893. The SMILES string of the molecule is C[C@H]1c2cccc(O)c2C(=O)C2C(=O)[C@]3(O)C(=O)C(C(N)=O)C(=O)C[C@@H]3[C@@H](OC(=O)C34CC5CC(CC(C5)C3)C4)[C@@H]21. The van der Waals surface area contributed by atoms with Gasteiger partial charge in [0, 0.05) is 18.3 Å². The highest BCUT2D eigenvalue weighted by Crippen LogP contribution is 2.61. The molecule has 2 unspecified atom stereocenters. The van der Waals surface area contributed by atoms with Crippen molar-refractivity contribution in [1.82, 2.24) is 0 Å². The van der Waals surface area contributed by atoms with Gasteiger partial charge < -0.3 is 20.7 Å². The minimum atomic E-state index is -2.93. The Morgan fingerprint density at radius 3 is 2.17 bits per heavy atom. The summed E-state index contributed by atoms with van der Waals surface area (Å²) in [5.41, 5.74) is 2.04. The highest BCUT2D eigenvalue weighted by Gasteiger charge is 2.71. The van der Waals surface area contributed by atoms with E-state index >= 15 is 0 Å². The van der Waals surface area contributed by atoms with Gasteiger partial charge in [0.05, 0.1) is 16.9 Å². The number of ether oxygens (including phenoxy) is 1. The lowest BCUT2D eigenvalue weighted by Crippen LogP contribution is -2.73. The third-order valence-corrected chi connectivity index (χ3v) is 11.4. The number of phenolic OH excluding ortho intramolecular Hbond substituents is 1. The van der Waals surface area contributed by atoms with Crippen LogP contribution in [0.25, 0.3) is 0 Å². The van der Waals surface area contributed by atoms with Crippen molar-refractivity contribution in [3.05, 3.63) is 29.3 Å². The van der Waals surface area contributed by atoms with Crippen molar-refractivity contribution in [1.29, 1.82) is 0 Å². The summed E-state index contributed by atoms with van der Waals surface area (Å²) >= 11 is 0. The number of ketones is 4. The maximum Gasteiger partial charge on any atom is 0.312 e. The van der Waals surface area contributed by atoms with Crippen LogP contribution in [0.1, 0.15) is 73.7 Å². The normalized spacial score (nSPS) is 44.2. The smallest absolute Gasteiger partial charge is 0.312 e. The van der Waals surface area contributed by atoms with Crippen LogP contribution in [0, 0.1) is 46.8 Å². The van der Waals surface area contributed by atoms with Gasteiger partial charge in [-0.15, -0.1) is 0 Å². The fourth-order valence-corrected chi connectivity index (χ4v) is 10.1. The highest BCUT2D eigenvalue weighted by molar-refractivity contribution is 6.31. The van der Waals surface area contributed by atoms with E-state index in [2.05, 4.69) is 0 Å². The van der Waals surface area contributed by atoms with Gasteiger partial charge in [0.15, 0.2) is 34.7 Å². The second-order valence-electron chi connectivity index (χ2n) is 13.6. The molecule has 0 saturated heterocycles. The number of amides is 1. The standard InChI is InChI=1S/C31H33NO9/c1-12-16-3-2-4-18(33)21(16)24(35)23-20(12)25(17-8-19(34)22(28(32)38)26(36)31(17,40)27(23)37)41-29(39)30-9-13-5-14(10-30)7-15(6-13)11-30/h2-4,12-15,17,20,22-23,25,33,40H,5-11H2,1H3,(H2,32,38)/t12-,13?,14?,15?,17+,20+,22?,23?,25+,30?,31+/m0/s1. The van der Waals surface area contributed by atoms with Crippen molar-refractivity contribution in [3.63, 3.8) is 0 Å². The third kappa shape index (κ3) is 3.40. The predicted octanol–water partition coefficient (Wildman–Crippen LogP) is 1.63. The Balaban J connectivity index is 1.35. The topological polar surface area (TPSA) is 178 Å². The van der Waals surface area contributed by atoms with E-state index in [0.29, 0.717) is 42.6 Å². The van der Waals surface area contributed by atoms with Gasteiger partial charge in [-0.25, -0.2) is 0 Å². The average Bonchev–Trinajstić information content (AvgIpc) is 2.89. The molecule has 10 nitrogen and oxygen atoms in total. The van der Waals surface area contributed by atoms with Crippen LogP contribution in [0.4, 0.5) is 0 Å². The number of carbonyl (C=O) groups excluding carboxylic acids is 6. The third-order valence-electron chi connectivity index (χ3n) is 11.4. The number of Topliss-reactive ketones (excluding diaryl/α,β-unsaturated/α-hetero) is 4. The van der Waals surface area contributed by atoms with Crippen molar-refractivity contribution in [3.8, 4) is 5.75 Å². The maximum absolute atomic E-state index is 14.2. The zero-order chi connectivity index (χ0) is 29.2. The van der Waals surface area contributed by atoms with Crippen LogP contribution in [0.3, 0.4) is 0 Å². The molecule has 1 aromatic rings. The number of nitrogens with two attached hydrogens (primary N) is 1. The molecule has 8 rings (SSSR count). The number of aliphatic hydroxyl groups is 1. The Morgan fingerprint density at radius 1 is 0.976 bits per heavy atom. The van der Waals surface area contributed by atoms with Gasteiger partial charge in [0.25, 0.3) is 0 Å². The van der Waals surface area contributed by atoms with E-state index in [0.717, 1.165) is 19.3 Å². The van der Waals surface area contributed by atoms with Crippen molar-refractivity contribution < 1.29 is 43.7 Å². The van der Waals surface area contributed by atoms with Crippen LogP contribution >= 0.6 is 0 Å². The molecule has 1 aromatic carbocycles. The lowest BCUT2D eigenvalue weighted by Gasteiger charge is -2.57. The molecule has 6 saturated carbocycles. The molecule has 1 amide bonds. The van der Waals surface area contributed by atoms with Gasteiger partial charge in [-0.1, -0.05) is 19.1 Å². The van der Waals surface area contributed by atoms with E-state index in [1.165, 1.54) is 6.07 Å². The van der Waals surface area contributed by atoms with Crippen LogP contribution < -0.4 is 5.73 Å². The van der Waals surface area contributed by atoms with Crippen molar-refractivity contribution >= 4 is 35.0 Å². The van der Waals surface area contributed by atoms with Crippen molar-refractivity contribution in [2.24, 2.45) is 52.6 Å². The Hall–Kier alpha value is -3.40. The highest BCUT2D eigenvalue weighted by atomic mass is 16.5. The monoisotopic (exact) mass is 563 g/mol. The summed E-state index contributed by atoms with van der Waals surface area (Å²) in [5.74, 6) is -11.8. The van der Waals surface area contributed by atoms with Gasteiger partial charge in [-0.3, -0.25) is 28.8 Å². The van der Waals surface area contributed by atoms with Gasteiger partial charge in [-0.05, 0) is 73.8 Å². The number of fused-ring (bicyclic) bond motifs is 3. The minimum Gasteiger partial charge on any atom is -0.507 e. The number of rotatable bonds is 3. The number of aromatic hydroxyl groups is 1. The zero-order valence-electron chi connectivity index (χ0n) is 22.7. The van der Waals surface area contributed by atoms with E-state index < -0.39 is 88.1 Å². The molecule has 7 aliphatic carbocycles. The number of primary amides is 1. The molecule has 216 valence electrons. The Labute approximate surface area is 236 Å². The first kappa shape index (κ1) is 26.5. The zero-order valence-corrected chi connectivity index (χ0v) is 22.7. The first-order chi connectivity index (χ1) is 19.4. The summed E-state index contributed by atoms with van der Waals surface area (Å²) in [6.07, 6.45) is 3.37. The second kappa shape index (κ2) is 8.56. The van der Waals surface area contributed by atoms with Gasteiger partial charge in [-0.2, -0.15) is 0 Å². The molecule has 0 aliphatic heterocycles. The summed E-state index contributed by atoms with van der Waals surface area (Å²) in [7, 11) is 0. The van der Waals surface area contributed by atoms with Crippen LogP contribution in [0.5, 0.6) is 5.75 Å². The van der Waals surface area contributed by atoms with Gasteiger partial charge in [0.2, 0.25) is 5.91 Å². The summed E-state index contributed by atoms with van der Waals surface area (Å²) in [6.45, 7) is 1.74. The number of esters is 1. The molecule has 7 aliphatic rings. The molecule has 10 heteroatoms. The number of carbonyl (C=O) groups is 6. The molecule has 41 heavy (non-hydrogen) atoms. The Kier molecular flexibility index (Phi) is 5.53. The summed E-state index contributed by atoms with van der Waals surface area (Å²) in [4.78, 5) is 80.8. The van der Waals surface area contributed by atoms with Crippen LogP contribution in [0.15, 0.2) is 18.2 Å². The summed E-state index contributed by atoms with van der Waals surface area (Å²) in [6, 6.07) is 4.53. The average molecular weight is 564 g/mol. The van der Waals surface area contributed by atoms with E-state index in [-0.39, 0.29) is 11.3 Å². The molecule has 4 N–H and O–H groups in total. The van der Waals surface area contributed by atoms with Gasteiger partial charge in [0.1, 0.15) is 11.9 Å². The Bertz CT molecular complexity index is 1410. The summed E-state index contributed by atoms with van der Waals surface area (Å²) < 4.78 is 6.30. The first-order valence-corrected chi connectivity index (χ1v) is 14.6. The van der Waals surface area contributed by atoms with E-state index in [4.69, 9.17) is 10.5 Å². The maximum atomic E-state index is 14.2. The van der Waals surface area contributed by atoms with Crippen molar-refractivity contribution in [2.45, 2.75) is 69.5 Å². The number of benzene rings is 1. The molecule has 7 atom stereocenters. The molecular weight excluding hydrogens is 530 g/mol. The molecule has 6 fully saturated rings. The first-order valence-electron chi connectivity index (χ1n) is 14.6. The molecule has 0 spiro atoms. The fourth-order valence-electron chi connectivity index (χ4n) is 10.1. The predicted molar refractivity (Wildman–Crippen MR) is 139 cm³/mol. The number of hydrogen-bond donors (Lipinski definition) is 3. The van der Waals surface area contributed by atoms with Crippen LogP contribution in [-0.2, 0) is 28.7 Å². The number of hydrogen-bond acceptors (Lipinski definition) is 9. The van der Waals surface area contributed by atoms with Gasteiger partial charge >= 0.3 is 5.97 Å². The molecule has 0 aromatic heterocycles. The van der Waals surface area contributed by atoms with Crippen LogP contribution in [-0.4, -0.2) is 56.9 Å². The largest absolute Gasteiger partial charge is 0.507 e. The van der Waals surface area contributed by atoms with E-state index in [1.807, 2.05) is 0 Å². The fraction of sp³-hybridized carbons (Fsp3) is 0.613. The molecule has 0 radical (unpaired) electrons. The second-order valence-corrected chi connectivity index (χ2v) is 13.6. The number of phenols is 1. The quantitative estimate of drug-likeness (QED) is 0.364. The summed E-state index contributed by atoms with van der Waals surface area (Å²) in [5, 5.41) is 22.5. The molecular formula is C31H33NO9. The lowest BCUT2D eigenvalue weighted by molar-refractivity contribution is -0.208. The molecule has 0 heterocycles. The van der Waals surface area contributed by atoms with E-state index in [1.54, 1.807) is 19.1 Å². The van der Waals surface area contributed by atoms with Crippen molar-refractivity contribution in [2.75, 3.05) is 0 Å². The lowest BCUT2D eigenvalue weighted by atomic mass is 9.49. The molecule has 4 bridgehead atoms. The van der Waals surface area contributed by atoms with E-state index in [9.17, 15) is 39.0 Å². The van der Waals surface area contributed by atoms with Crippen LogP contribution in [0.2, 0.25) is 0 Å². The Morgan fingerprint density at radius 2 is 1.59 bits per heavy atom.